The Labute approximate surface area is 207 Å². The molecule has 3 heterocycles. The Bertz CT molecular complexity index is 1190. The van der Waals surface area contributed by atoms with Crippen LogP contribution in [0.3, 0.4) is 0 Å². The van der Waals surface area contributed by atoms with E-state index in [0.29, 0.717) is 6.07 Å². The summed E-state index contributed by atoms with van der Waals surface area (Å²) in [6.07, 6.45) is -4.52. The number of aromatic amines is 1. The largest absolute Gasteiger partial charge is 0.388 e. The Balaban J connectivity index is 1.89. The number of halogens is 2. The van der Waals surface area contributed by atoms with Crippen LogP contribution in [0.4, 0.5) is 8.78 Å². The molecule has 13 heteroatoms. The van der Waals surface area contributed by atoms with Crippen molar-refractivity contribution in [3.05, 3.63) is 34.1 Å². The lowest BCUT2D eigenvalue weighted by molar-refractivity contribution is -0.0558. The molecule has 7 atom stereocenters. The predicted octanol–water partition coefficient (Wildman–Crippen LogP) is 4.27. The lowest BCUT2D eigenvalue weighted by atomic mass is 9.92. The number of methoxy groups -OCH3 is 1. The molecule has 0 aromatic carbocycles. The molecule has 2 aromatic heterocycles. The van der Waals surface area contributed by atoms with Gasteiger partial charge in [0.05, 0.1) is 17.1 Å². The first kappa shape index (κ1) is 28.2. The van der Waals surface area contributed by atoms with Crippen LogP contribution in [0.5, 0.6) is 0 Å². The first-order valence-electron chi connectivity index (χ1n) is 11.2. The highest BCUT2D eigenvalue weighted by Gasteiger charge is 2.51. The molecule has 0 radical (unpaired) electrons. The first-order chi connectivity index (χ1) is 16.2. The number of hydrogen-bond donors (Lipinski definition) is 4. The molecular formula is C22H31F2N2O7PS. The molecule has 196 valence electrons. The molecule has 9 nitrogen and oxygen atoms in total. The summed E-state index contributed by atoms with van der Waals surface area (Å²) in [4.78, 5) is 16.9. The van der Waals surface area contributed by atoms with Gasteiger partial charge >= 0.3 is 7.60 Å². The average Bonchev–Trinajstić information content (AvgIpc) is 3.05. The quantitative estimate of drug-likeness (QED) is 0.211. The second kappa shape index (κ2) is 10.2. The van der Waals surface area contributed by atoms with E-state index in [1.807, 2.05) is 0 Å². The van der Waals surface area contributed by atoms with Crippen molar-refractivity contribution in [1.82, 2.24) is 9.97 Å². The fourth-order valence-electron chi connectivity index (χ4n) is 4.04. The number of ether oxygens (including phenoxy) is 2. The highest BCUT2D eigenvalue weighted by molar-refractivity contribution is 7.71. The van der Waals surface area contributed by atoms with Crippen molar-refractivity contribution in [2.45, 2.75) is 82.3 Å². The number of aliphatic hydroxyl groups is 2. The van der Waals surface area contributed by atoms with Gasteiger partial charge in [-0.3, -0.25) is 4.57 Å². The van der Waals surface area contributed by atoms with Gasteiger partial charge in [-0.05, 0) is 32.8 Å². The summed E-state index contributed by atoms with van der Waals surface area (Å²) < 4.78 is 57.8. The minimum Gasteiger partial charge on any atom is -0.388 e. The number of pyridine rings is 2. The van der Waals surface area contributed by atoms with Crippen molar-refractivity contribution >= 4 is 30.8 Å². The van der Waals surface area contributed by atoms with Crippen molar-refractivity contribution in [3.8, 4) is 0 Å². The molecule has 0 amide bonds. The minimum absolute atomic E-state index is 0.0278. The fourth-order valence-corrected chi connectivity index (χ4v) is 5.94. The Morgan fingerprint density at radius 1 is 1.23 bits per heavy atom. The molecule has 0 saturated carbocycles. The number of nitrogens with zero attached hydrogens (tertiary/aromatic N) is 1. The molecule has 1 aliphatic rings. The maximum absolute atomic E-state index is 14.3. The molecule has 0 bridgehead atoms. The Hall–Kier alpha value is -1.37. The number of rotatable bonds is 9. The van der Waals surface area contributed by atoms with Crippen LogP contribution in [0.15, 0.2) is 12.1 Å². The summed E-state index contributed by atoms with van der Waals surface area (Å²) in [6, 6.07) is 1.91. The van der Waals surface area contributed by atoms with E-state index in [1.54, 1.807) is 20.8 Å². The second-order valence-corrected chi connectivity index (χ2v) is 11.7. The normalized spacial score (nSPS) is 27.9. The third kappa shape index (κ3) is 5.35. The first-order valence-corrected chi connectivity index (χ1v) is 13.2. The third-order valence-electron chi connectivity index (χ3n) is 6.86. The SMILES string of the molecule is CCC(C)(CC1OC(c2cc3c(F)cc(F)nc3[nH]c2=S)C(O)C1O)OP(=O)(O)C(C)(CC)OC. The van der Waals surface area contributed by atoms with Gasteiger partial charge in [-0.2, -0.15) is 4.39 Å². The highest BCUT2D eigenvalue weighted by Crippen LogP contribution is 2.60. The molecule has 1 saturated heterocycles. The zero-order valence-electron chi connectivity index (χ0n) is 20.1. The van der Waals surface area contributed by atoms with E-state index in [4.69, 9.17) is 26.2 Å². The molecule has 1 fully saturated rings. The zero-order chi connectivity index (χ0) is 26.3. The van der Waals surface area contributed by atoms with Gasteiger partial charge in [-0.15, -0.1) is 0 Å². The van der Waals surface area contributed by atoms with Crippen LogP contribution in [0.1, 0.15) is 58.6 Å². The van der Waals surface area contributed by atoms with E-state index in [0.717, 1.165) is 0 Å². The van der Waals surface area contributed by atoms with Crippen LogP contribution < -0.4 is 0 Å². The summed E-state index contributed by atoms with van der Waals surface area (Å²) in [7, 11) is -2.96. The summed E-state index contributed by atoms with van der Waals surface area (Å²) in [5.74, 6) is -1.90. The summed E-state index contributed by atoms with van der Waals surface area (Å²) >= 11 is 5.28. The lowest BCUT2D eigenvalue weighted by Crippen LogP contribution is -2.40. The number of aliphatic hydroxyl groups excluding tert-OH is 2. The standard InChI is InChI=1S/C22H31F2N2O7PS/c1-6-21(3,33-34(29,30)22(4,7-2)31-5)10-14-16(27)17(28)18(32-14)12-8-11-13(23)9-15(24)25-19(11)26-20(12)35/h8-9,14,16-18,27-28H,6-7,10H2,1-5H3,(H,29,30)(H,25,26,35). The average molecular weight is 537 g/mol. The van der Waals surface area contributed by atoms with Crippen molar-refractivity contribution in [1.29, 1.82) is 0 Å². The second-order valence-electron chi connectivity index (χ2n) is 9.17. The lowest BCUT2D eigenvalue weighted by Gasteiger charge is -2.39. The third-order valence-corrected chi connectivity index (χ3v) is 9.58. The minimum atomic E-state index is -4.29. The monoisotopic (exact) mass is 536 g/mol. The molecule has 35 heavy (non-hydrogen) atoms. The maximum atomic E-state index is 14.3. The molecule has 7 unspecified atom stereocenters. The Morgan fingerprint density at radius 3 is 2.46 bits per heavy atom. The predicted molar refractivity (Wildman–Crippen MR) is 126 cm³/mol. The highest BCUT2D eigenvalue weighted by atomic mass is 32.1. The van der Waals surface area contributed by atoms with E-state index in [2.05, 4.69) is 9.97 Å². The van der Waals surface area contributed by atoms with Crippen LogP contribution >= 0.6 is 19.8 Å². The molecule has 1 aliphatic heterocycles. The van der Waals surface area contributed by atoms with Crippen LogP contribution in [0, 0.1) is 16.4 Å². The molecule has 2 aromatic rings. The van der Waals surface area contributed by atoms with E-state index < -0.39 is 54.7 Å². The number of aromatic nitrogens is 2. The van der Waals surface area contributed by atoms with Crippen LogP contribution in [-0.4, -0.2) is 61.4 Å². The molecule has 3 rings (SSSR count). The Morgan fingerprint density at radius 2 is 1.89 bits per heavy atom. The summed E-state index contributed by atoms with van der Waals surface area (Å²) in [5, 5.41) is 20.0. The van der Waals surface area contributed by atoms with Gasteiger partial charge in [0.15, 0.2) is 5.34 Å². The molecule has 4 N–H and O–H groups in total. The number of nitrogens with one attached hydrogen (secondary N) is 1. The number of hydrogen-bond acceptors (Lipinski definition) is 8. The molecule has 0 spiro atoms. The van der Waals surface area contributed by atoms with Gasteiger partial charge in [-0.1, -0.05) is 26.1 Å². The fraction of sp³-hybridized carbons (Fsp3) is 0.636. The molecular weight excluding hydrogens is 505 g/mol. The van der Waals surface area contributed by atoms with E-state index in [9.17, 15) is 28.5 Å². The van der Waals surface area contributed by atoms with E-state index in [-0.39, 0.29) is 40.5 Å². The van der Waals surface area contributed by atoms with Crippen molar-refractivity contribution in [2.24, 2.45) is 0 Å². The van der Waals surface area contributed by atoms with Crippen LogP contribution in [-0.2, 0) is 18.6 Å². The van der Waals surface area contributed by atoms with Gasteiger partial charge in [0, 0.05) is 25.2 Å². The van der Waals surface area contributed by atoms with Crippen molar-refractivity contribution < 1.29 is 42.4 Å². The van der Waals surface area contributed by atoms with E-state index >= 15 is 0 Å². The van der Waals surface area contributed by atoms with Crippen LogP contribution in [0.25, 0.3) is 11.0 Å². The Kier molecular flexibility index (Phi) is 8.20. The number of H-pyrrole nitrogens is 1. The van der Waals surface area contributed by atoms with Gasteiger partial charge < -0.3 is 34.1 Å². The van der Waals surface area contributed by atoms with Gasteiger partial charge in [0.25, 0.3) is 0 Å². The van der Waals surface area contributed by atoms with Crippen molar-refractivity contribution in [3.63, 3.8) is 0 Å². The maximum Gasteiger partial charge on any atom is 0.359 e. The van der Waals surface area contributed by atoms with Gasteiger partial charge in [-0.25, -0.2) is 9.37 Å². The summed E-state index contributed by atoms with van der Waals surface area (Å²) in [5.41, 5.74) is -1.15. The number of fused-ring (bicyclic) bond motifs is 1. The molecule has 0 aliphatic carbocycles. The van der Waals surface area contributed by atoms with Crippen LogP contribution in [0.2, 0.25) is 0 Å². The van der Waals surface area contributed by atoms with Gasteiger partial charge in [0.2, 0.25) is 5.95 Å². The zero-order valence-corrected chi connectivity index (χ0v) is 21.8. The topological polar surface area (TPSA) is 134 Å². The smallest absolute Gasteiger partial charge is 0.359 e. The van der Waals surface area contributed by atoms with Crippen molar-refractivity contribution in [2.75, 3.05) is 7.11 Å². The summed E-state index contributed by atoms with van der Waals surface area (Å²) in [6.45, 7) is 6.53. The van der Waals surface area contributed by atoms with Gasteiger partial charge in [0.1, 0.15) is 34.4 Å². The van der Waals surface area contributed by atoms with E-state index in [1.165, 1.54) is 20.1 Å².